The van der Waals surface area contributed by atoms with Crippen molar-refractivity contribution in [3.05, 3.63) is 84.2 Å². The first-order valence-electron chi connectivity index (χ1n) is 7.86. The smallest absolute Gasteiger partial charge is 0.141 e. The van der Waals surface area contributed by atoms with E-state index in [1.807, 2.05) is 30.3 Å². The molecule has 4 heteroatoms. The molecule has 4 rings (SSSR count). The lowest BCUT2D eigenvalue weighted by Crippen LogP contribution is -2.03. The van der Waals surface area contributed by atoms with Gasteiger partial charge in [0.1, 0.15) is 28.5 Å². The predicted molar refractivity (Wildman–Crippen MR) is 96.6 cm³/mol. The van der Waals surface area contributed by atoms with Crippen LogP contribution in [0, 0.1) is 0 Å². The van der Waals surface area contributed by atoms with Gasteiger partial charge < -0.3 is 14.6 Å². The van der Waals surface area contributed by atoms with Crippen molar-refractivity contribution in [3.63, 3.8) is 0 Å². The average molecular weight is 329 g/mol. The van der Waals surface area contributed by atoms with Crippen molar-refractivity contribution in [1.29, 1.82) is 0 Å². The quantitative estimate of drug-likeness (QED) is 0.558. The predicted octanol–water partition coefficient (Wildman–Crippen LogP) is 4.74. The zero-order chi connectivity index (χ0) is 17.2. The molecule has 1 heterocycles. The van der Waals surface area contributed by atoms with Crippen molar-refractivity contribution >= 4 is 16.7 Å². The van der Waals surface area contributed by atoms with E-state index in [1.165, 1.54) is 0 Å². The van der Waals surface area contributed by atoms with Crippen LogP contribution >= 0.6 is 0 Å². The molecule has 3 aromatic carbocycles. The van der Waals surface area contributed by atoms with Crippen molar-refractivity contribution in [2.24, 2.45) is 4.99 Å². The standard InChI is InChI=1S/C21H15NO3/c23-17-10-5-4-9-15(17)22-16-13-20(14-7-2-1-3-8-14)25-19-12-6-11-18(24)21(16)19/h1-13,23-24H. The van der Waals surface area contributed by atoms with E-state index in [0.717, 1.165) is 5.56 Å². The highest BCUT2D eigenvalue weighted by atomic mass is 16.3. The van der Waals surface area contributed by atoms with Gasteiger partial charge in [-0.05, 0) is 24.3 Å². The number of rotatable bonds is 2. The van der Waals surface area contributed by atoms with E-state index in [-0.39, 0.29) is 11.5 Å². The van der Waals surface area contributed by atoms with Gasteiger partial charge in [-0.3, -0.25) is 0 Å². The fourth-order valence-corrected chi connectivity index (χ4v) is 2.73. The van der Waals surface area contributed by atoms with Gasteiger partial charge in [-0.15, -0.1) is 0 Å². The Hall–Kier alpha value is -3.53. The molecule has 0 spiro atoms. The Morgan fingerprint density at radius 2 is 1.44 bits per heavy atom. The maximum Gasteiger partial charge on any atom is 0.141 e. The second kappa shape index (κ2) is 6.17. The number of phenolic OH excluding ortho intramolecular Hbond substituents is 2. The Morgan fingerprint density at radius 1 is 0.720 bits per heavy atom. The molecule has 122 valence electrons. The molecule has 1 aromatic heterocycles. The Labute approximate surface area is 144 Å². The van der Waals surface area contributed by atoms with E-state index in [4.69, 9.17) is 4.42 Å². The van der Waals surface area contributed by atoms with E-state index in [0.29, 0.717) is 27.8 Å². The molecule has 0 saturated heterocycles. The molecule has 0 aliphatic heterocycles. The molecule has 0 amide bonds. The topological polar surface area (TPSA) is 66.0 Å². The Bertz CT molecular complexity index is 1110. The monoisotopic (exact) mass is 329 g/mol. The van der Waals surface area contributed by atoms with Crippen LogP contribution in [0.3, 0.4) is 0 Å². The number of nitrogens with zero attached hydrogens (tertiary/aromatic N) is 1. The van der Waals surface area contributed by atoms with Crippen LogP contribution < -0.4 is 5.36 Å². The molecule has 4 nitrogen and oxygen atoms in total. The second-order valence-corrected chi connectivity index (χ2v) is 5.61. The van der Waals surface area contributed by atoms with Crippen molar-refractivity contribution in [2.75, 3.05) is 0 Å². The van der Waals surface area contributed by atoms with Crippen LogP contribution in [0.1, 0.15) is 0 Å². The van der Waals surface area contributed by atoms with Gasteiger partial charge in [-0.1, -0.05) is 48.5 Å². The molecule has 4 aromatic rings. The summed E-state index contributed by atoms with van der Waals surface area (Å²) in [6, 6.07) is 23.4. The summed E-state index contributed by atoms with van der Waals surface area (Å²) in [6.07, 6.45) is 0. The summed E-state index contributed by atoms with van der Waals surface area (Å²) in [6.45, 7) is 0. The summed E-state index contributed by atoms with van der Waals surface area (Å²) in [5, 5.41) is 21.3. The Kier molecular flexibility index (Phi) is 3.71. The van der Waals surface area contributed by atoms with Crippen molar-refractivity contribution in [3.8, 4) is 22.8 Å². The minimum atomic E-state index is 0.0770. The van der Waals surface area contributed by atoms with Crippen LogP contribution in [-0.2, 0) is 0 Å². The van der Waals surface area contributed by atoms with E-state index in [1.54, 1.807) is 48.5 Å². The molecule has 25 heavy (non-hydrogen) atoms. The van der Waals surface area contributed by atoms with Gasteiger partial charge in [0.25, 0.3) is 0 Å². The summed E-state index contributed by atoms with van der Waals surface area (Å²) in [4.78, 5) is 4.55. The van der Waals surface area contributed by atoms with Crippen LogP contribution in [0.5, 0.6) is 11.5 Å². The number of hydrogen-bond donors (Lipinski definition) is 2. The second-order valence-electron chi connectivity index (χ2n) is 5.61. The van der Waals surface area contributed by atoms with Gasteiger partial charge in [-0.2, -0.15) is 0 Å². The van der Waals surface area contributed by atoms with Gasteiger partial charge >= 0.3 is 0 Å². The molecule has 0 radical (unpaired) electrons. The lowest BCUT2D eigenvalue weighted by atomic mass is 10.1. The third-order valence-electron chi connectivity index (χ3n) is 3.93. The maximum absolute atomic E-state index is 10.3. The fraction of sp³-hybridized carbons (Fsp3) is 0. The number of aromatic hydroxyl groups is 2. The molecule has 0 bridgehead atoms. The highest BCUT2D eigenvalue weighted by Crippen LogP contribution is 2.29. The van der Waals surface area contributed by atoms with Crippen LogP contribution in [0.15, 0.2) is 88.3 Å². The van der Waals surface area contributed by atoms with E-state index >= 15 is 0 Å². The summed E-state index contributed by atoms with van der Waals surface area (Å²) < 4.78 is 5.95. The van der Waals surface area contributed by atoms with Gasteiger partial charge in [0.15, 0.2) is 0 Å². The normalized spacial score (nSPS) is 11.8. The lowest BCUT2D eigenvalue weighted by Gasteiger charge is -2.06. The Balaban J connectivity index is 2.06. The van der Waals surface area contributed by atoms with E-state index < -0.39 is 0 Å². The zero-order valence-electron chi connectivity index (χ0n) is 13.3. The van der Waals surface area contributed by atoms with Crippen LogP contribution in [0.4, 0.5) is 5.69 Å². The molecular weight excluding hydrogens is 314 g/mol. The third-order valence-corrected chi connectivity index (χ3v) is 3.93. The van der Waals surface area contributed by atoms with Gasteiger partial charge in [-0.25, -0.2) is 4.99 Å². The molecule has 0 aliphatic rings. The SMILES string of the molecule is Oc1ccccc1N=c1cc(-c2ccccc2)oc2cccc(O)c12. The number of fused-ring (bicyclic) bond motifs is 1. The summed E-state index contributed by atoms with van der Waals surface area (Å²) in [5.74, 6) is 0.788. The molecule has 0 atom stereocenters. The zero-order valence-corrected chi connectivity index (χ0v) is 13.3. The van der Waals surface area contributed by atoms with Gasteiger partial charge in [0.2, 0.25) is 0 Å². The average Bonchev–Trinajstić information content (AvgIpc) is 2.64. The molecule has 0 aliphatic carbocycles. The molecule has 0 fully saturated rings. The first kappa shape index (κ1) is 15.0. The van der Waals surface area contributed by atoms with Crippen LogP contribution in [0.2, 0.25) is 0 Å². The molecular formula is C21H15NO3. The number of hydrogen-bond acceptors (Lipinski definition) is 4. The highest BCUT2D eigenvalue weighted by Gasteiger charge is 2.09. The van der Waals surface area contributed by atoms with Gasteiger partial charge in [0.05, 0.1) is 10.7 Å². The lowest BCUT2D eigenvalue weighted by molar-refractivity contribution is 0.476. The van der Waals surface area contributed by atoms with Crippen molar-refractivity contribution in [1.82, 2.24) is 0 Å². The fourth-order valence-electron chi connectivity index (χ4n) is 2.73. The maximum atomic E-state index is 10.3. The minimum absolute atomic E-state index is 0.0770. The number of para-hydroxylation sites is 2. The summed E-state index contributed by atoms with van der Waals surface area (Å²) >= 11 is 0. The summed E-state index contributed by atoms with van der Waals surface area (Å²) in [5.41, 5.74) is 1.86. The third kappa shape index (κ3) is 2.85. The first-order valence-corrected chi connectivity index (χ1v) is 7.86. The Morgan fingerprint density at radius 3 is 2.24 bits per heavy atom. The molecule has 0 saturated carbocycles. The van der Waals surface area contributed by atoms with E-state index in [2.05, 4.69) is 4.99 Å². The van der Waals surface area contributed by atoms with E-state index in [9.17, 15) is 10.2 Å². The first-order chi connectivity index (χ1) is 12.2. The molecule has 0 unspecified atom stereocenters. The van der Waals surface area contributed by atoms with Crippen LogP contribution in [0.25, 0.3) is 22.3 Å². The number of phenols is 2. The highest BCUT2D eigenvalue weighted by molar-refractivity contribution is 5.84. The molecule has 2 N–H and O–H groups in total. The van der Waals surface area contributed by atoms with Gasteiger partial charge in [0, 0.05) is 11.6 Å². The van der Waals surface area contributed by atoms with Crippen molar-refractivity contribution in [2.45, 2.75) is 0 Å². The van der Waals surface area contributed by atoms with Crippen molar-refractivity contribution < 1.29 is 14.6 Å². The minimum Gasteiger partial charge on any atom is -0.507 e. The number of benzene rings is 3. The summed E-state index contributed by atoms with van der Waals surface area (Å²) in [7, 11) is 0. The van der Waals surface area contributed by atoms with Crippen LogP contribution in [-0.4, -0.2) is 10.2 Å². The largest absolute Gasteiger partial charge is 0.507 e.